The second-order valence-corrected chi connectivity index (χ2v) is 5.44. The van der Waals surface area contributed by atoms with E-state index in [2.05, 4.69) is 28.2 Å². The van der Waals surface area contributed by atoms with Crippen LogP contribution in [0.3, 0.4) is 0 Å². The number of piperazine rings is 1. The normalized spacial score (nSPS) is 26.1. The smallest absolute Gasteiger partial charge is 0.0300 e. The molecule has 1 unspecified atom stereocenters. The number of pyridine rings is 1. The molecule has 1 saturated carbocycles. The quantitative estimate of drug-likeness (QED) is 0.856. The summed E-state index contributed by atoms with van der Waals surface area (Å²) in [6, 6.07) is 2.90. The molecule has 0 spiro atoms. The lowest BCUT2D eigenvalue weighted by Gasteiger charge is -2.34. The maximum Gasteiger partial charge on any atom is 0.0300 e. The van der Waals surface area contributed by atoms with Crippen LogP contribution in [-0.2, 0) is 6.54 Å². The molecular weight excluding hydrogens is 210 g/mol. The van der Waals surface area contributed by atoms with Gasteiger partial charge in [0.2, 0.25) is 0 Å². The molecule has 2 aliphatic rings. The fourth-order valence-corrected chi connectivity index (χ4v) is 2.72. The van der Waals surface area contributed by atoms with Gasteiger partial charge >= 0.3 is 0 Å². The van der Waals surface area contributed by atoms with Crippen LogP contribution in [0.4, 0.5) is 0 Å². The summed E-state index contributed by atoms with van der Waals surface area (Å²) in [7, 11) is 0. The predicted molar refractivity (Wildman–Crippen MR) is 68.8 cm³/mol. The van der Waals surface area contributed by atoms with Gasteiger partial charge in [0.15, 0.2) is 0 Å². The monoisotopic (exact) mass is 231 g/mol. The average molecular weight is 231 g/mol. The number of nitrogens with one attached hydrogen (secondary N) is 1. The van der Waals surface area contributed by atoms with Gasteiger partial charge in [-0.2, -0.15) is 0 Å². The third-order valence-corrected chi connectivity index (χ3v) is 4.01. The van der Waals surface area contributed by atoms with E-state index in [0.717, 1.165) is 25.0 Å². The van der Waals surface area contributed by atoms with E-state index in [4.69, 9.17) is 0 Å². The molecule has 17 heavy (non-hydrogen) atoms. The summed E-state index contributed by atoms with van der Waals surface area (Å²) in [5.41, 5.74) is 2.74. The average Bonchev–Trinajstić information content (AvgIpc) is 3.17. The van der Waals surface area contributed by atoms with Crippen LogP contribution >= 0.6 is 0 Å². The topological polar surface area (TPSA) is 28.2 Å². The molecule has 3 heteroatoms. The van der Waals surface area contributed by atoms with Crippen molar-refractivity contribution in [2.75, 3.05) is 19.6 Å². The molecule has 1 aromatic heterocycles. The van der Waals surface area contributed by atoms with E-state index in [9.17, 15) is 0 Å². The van der Waals surface area contributed by atoms with Gasteiger partial charge in [0.1, 0.15) is 0 Å². The highest BCUT2D eigenvalue weighted by Crippen LogP contribution is 2.33. The highest BCUT2D eigenvalue weighted by molar-refractivity contribution is 5.21. The number of hydrogen-bond acceptors (Lipinski definition) is 3. The first-order valence-corrected chi connectivity index (χ1v) is 6.68. The van der Waals surface area contributed by atoms with Crippen LogP contribution in [0.2, 0.25) is 0 Å². The molecule has 0 aromatic carbocycles. The van der Waals surface area contributed by atoms with E-state index in [1.165, 1.54) is 37.1 Å². The Morgan fingerprint density at radius 1 is 1.47 bits per heavy atom. The van der Waals surface area contributed by atoms with E-state index in [-0.39, 0.29) is 0 Å². The summed E-state index contributed by atoms with van der Waals surface area (Å²) >= 11 is 0. The van der Waals surface area contributed by atoms with Crippen molar-refractivity contribution >= 4 is 0 Å². The van der Waals surface area contributed by atoms with Crippen LogP contribution in [0.1, 0.15) is 24.0 Å². The van der Waals surface area contributed by atoms with Crippen LogP contribution < -0.4 is 5.32 Å². The lowest BCUT2D eigenvalue weighted by molar-refractivity contribution is 0.181. The summed E-state index contributed by atoms with van der Waals surface area (Å²) in [6.45, 7) is 6.77. The molecule has 1 atom stereocenters. The lowest BCUT2D eigenvalue weighted by atomic mass is 10.1. The second kappa shape index (κ2) is 4.75. The van der Waals surface area contributed by atoms with Crippen molar-refractivity contribution in [3.05, 3.63) is 29.6 Å². The van der Waals surface area contributed by atoms with Gasteiger partial charge in [-0.05, 0) is 42.9 Å². The third kappa shape index (κ3) is 2.67. The maximum absolute atomic E-state index is 4.16. The summed E-state index contributed by atoms with van der Waals surface area (Å²) in [5, 5.41) is 3.66. The van der Waals surface area contributed by atoms with Crippen LogP contribution in [0.25, 0.3) is 0 Å². The Hall–Kier alpha value is -0.930. The molecule has 0 amide bonds. The van der Waals surface area contributed by atoms with Crippen molar-refractivity contribution in [3.63, 3.8) is 0 Å². The predicted octanol–water partition coefficient (Wildman–Crippen LogP) is 1.57. The van der Waals surface area contributed by atoms with E-state index in [1.807, 2.05) is 12.4 Å². The van der Waals surface area contributed by atoms with Gasteiger partial charge in [0, 0.05) is 44.6 Å². The van der Waals surface area contributed by atoms with Crippen LogP contribution in [0, 0.1) is 12.8 Å². The molecular formula is C14H21N3. The van der Waals surface area contributed by atoms with Crippen LogP contribution in [0.5, 0.6) is 0 Å². The molecule has 1 saturated heterocycles. The number of rotatable bonds is 3. The molecule has 92 valence electrons. The summed E-state index contributed by atoms with van der Waals surface area (Å²) in [4.78, 5) is 6.75. The van der Waals surface area contributed by atoms with Gasteiger partial charge in [-0.3, -0.25) is 9.88 Å². The standard InChI is InChI=1S/C14H21N3/c1-11-8-15-5-4-13(11)9-17-7-6-16-14(10-17)12-2-3-12/h4-5,8,12,14,16H,2-3,6-7,9-10H2,1H3. The highest BCUT2D eigenvalue weighted by Gasteiger charge is 2.33. The maximum atomic E-state index is 4.16. The Bertz CT molecular complexity index is 387. The zero-order valence-corrected chi connectivity index (χ0v) is 10.5. The summed E-state index contributed by atoms with van der Waals surface area (Å²) in [5.74, 6) is 0.955. The highest BCUT2D eigenvalue weighted by atomic mass is 15.2. The van der Waals surface area contributed by atoms with Crippen LogP contribution in [-0.4, -0.2) is 35.6 Å². The summed E-state index contributed by atoms with van der Waals surface area (Å²) < 4.78 is 0. The molecule has 3 nitrogen and oxygen atoms in total. The van der Waals surface area contributed by atoms with Crippen molar-refractivity contribution in [2.24, 2.45) is 5.92 Å². The largest absolute Gasteiger partial charge is 0.311 e. The Kier molecular flexibility index (Phi) is 3.12. The van der Waals surface area contributed by atoms with Gasteiger partial charge in [-0.25, -0.2) is 0 Å². The molecule has 2 fully saturated rings. The minimum Gasteiger partial charge on any atom is -0.311 e. The second-order valence-electron chi connectivity index (χ2n) is 5.44. The minimum absolute atomic E-state index is 0.742. The Morgan fingerprint density at radius 2 is 2.35 bits per heavy atom. The number of aryl methyl sites for hydroxylation is 1. The fourth-order valence-electron chi connectivity index (χ4n) is 2.72. The Balaban J connectivity index is 1.62. The number of aromatic nitrogens is 1. The SMILES string of the molecule is Cc1cnccc1CN1CCNC(C2CC2)C1. The molecule has 0 radical (unpaired) electrons. The van der Waals surface area contributed by atoms with Crippen molar-refractivity contribution in [1.82, 2.24) is 15.2 Å². The molecule has 2 heterocycles. The zero-order valence-electron chi connectivity index (χ0n) is 10.5. The van der Waals surface area contributed by atoms with Crippen molar-refractivity contribution in [3.8, 4) is 0 Å². The van der Waals surface area contributed by atoms with Crippen molar-refractivity contribution < 1.29 is 0 Å². The minimum atomic E-state index is 0.742. The Morgan fingerprint density at radius 3 is 3.12 bits per heavy atom. The van der Waals surface area contributed by atoms with Gasteiger partial charge in [0.05, 0.1) is 0 Å². The molecule has 1 aromatic rings. The fraction of sp³-hybridized carbons (Fsp3) is 0.643. The number of hydrogen-bond donors (Lipinski definition) is 1. The first kappa shape index (κ1) is 11.2. The lowest BCUT2D eigenvalue weighted by Crippen LogP contribution is -2.51. The first-order valence-electron chi connectivity index (χ1n) is 6.68. The van der Waals surface area contributed by atoms with Crippen molar-refractivity contribution in [1.29, 1.82) is 0 Å². The first-order chi connectivity index (χ1) is 8.33. The third-order valence-electron chi connectivity index (χ3n) is 4.01. The molecule has 3 rings (SSSR count). The van der Waals surface area contributed by atoms with E-state index < -0.39 is 0 Å². The summed E-state index contributed by atoms with van der Waals surface area (Å²) in [6.07, 6.45) is 6.73. The zero-order chi connectivity index (χ0) is 11.7. The molecule has 1 N–H and O–H groups in total. The van der Waals surface area contributed by atoms with Crippen LogP contribution in [0.15, 0.2) is 18.5 Å². The van der Waals surface area contributed by atoms with Crippen molar-refractivity contribution in [2.45, 2.75) is 32.4 Å². The van der Waals surface area contributed by atoms with Gasteiger partial charge in [-0.15, -0.1) is 0 Å². The van der Waals surface area contributed by atoms with Gasteiger partial charge < -0.3 is 5.32 Å². The van der Waals surface area contributed by atoms with Gasteiger partial charge in [0.25, 0.3) is 0 Å². The molecule has 0 bridgehead atoms. The Labute approximate surface area is 103 Å². The molecule has 1 aliphatic carbocycles. The van der Waals surface area contributed by atoms with E-state index in [1.54, 1.807) is 0 Å². The van der Waals surface area contributed by atoms with E-state index >= 15 is 0 Å². The van der Waals surface area contributed by atoms with Gasteiger partial charge in [-0.1, -0.05) is 0 Å². The number of nitrogens with zero attached hydrogens (tertiary/aromatic N) is 2. The van der Waals surface area contributed by atoms with E-state index in [0.29, 0.717) is 0 Å². The molecule has 1 aliphatic heterocycles.